The molecule has 0 aliphatic carbocycles. The Morgan fingerprint density at radius 2 is 2.00 bits per heavy atom. The summed E-state index contributed by atoms with van der Waals surface area (Å²) in [4.78, 5) is 2.65. The van der Waals surface area contributed by atoms with Crippen LogP contribution in [0.5, 0.6) is 0 Å². The van der Waals surface area contributed by atoms with Crippen molar-refractivity contribution < 1.29 is 0 Å². The lowest BCUT2D eigenvalue weighted by molar-refractivity contribution is 0.996. The maximum atomic E-state index is 8.07. The molecule has 0 radical (unpaired) electrons. The highest BCUT2D eigenvalue weighted by molar-refractivity contribution is 6.39. The number of halogens is 2. The van der Waals surface area contributed by atoms with Gasteiger partial charge in [0.25, 0.3) is 0 Å². The van der Waals surface area contributed by atoms with E-state index in [0.29, 0.717) is 28.7 Å². The molecular weight excluding hydrogens is 247 g/mol. The molecule has 0 saturated heterocycles. The first kappa shape index (κ1) is 12.7. The molecule has 6 heteroatoms. The summed E-state index contributed by atoms with van der Waals surface area (Å²) in [6.45, 7) is 0.434. The maximum Gasteiger partial charge on any atom is 0.0693 e. The molecule has 84 valence electrons. The quantitative estimate of drug-likeness (QED) is 0.282. The van der Waals surface area contributed by atoms with Crippen LogP contribution in [0, 0.1) is 0 Å². The second-order valence-electron chi connectivity index (χ2n) is 3.04. The van der Waals surface area contributed by atoms with E-state index in [1.54, 1.807) is 12.1 Å². The van der Waals surface area contributed by atoms with Crippen molar-refractivity contribution in [2.75, 3.05) is 12.3 Å². The van der Waals surface area contributed by atoms with Crippen molar-refractivity contribution in [3.63, 3.8) is 0 Å². The molecular formula is C10H10Cl2N4. The van der Waals surface area contributed by atoms with Crippen LogP contribution in [0.1, 0.15) is 12.0 Å². The van der Waals surface area contributed by atoms with Gasteiger partial charge in [0.05, 0.1) is 15.7 Å². The monoisotopic (exact) mass is 256 g/mol. The normalized spacial score (nSPS) is 10.4. The molecule has 0 atom stereocenters. The standard InChI is InChI=1S/C10H10Cl2N4/c11-8-5-7(6-9(12)10(8)13)3-1-2-4-15-16-14/h1,3,5-6H,2,4,13H2. The summed E-state index contributed by atoms with van der Waals surface area (Å²) in [5.74, 6) is 0. The van der Waals surface area contributed by atoms with Crippen molar-refractivity contribution in [3.8, 4) is 0 Å². The fourth-order valence-corrected chi connectivity index (χ4v) is 1.60. The van der Waals surface area contributed by atoms with Crippen LogP contribution in [0.25, 0.3) is 16.5 Å². The minimum atomic E-state index is 0.384. The number of nitrogen functional groups attached to an aromatic ring is 1. The second-order valence-corrected chi connectivity index (χ2v) is 3.86. The lowest BCUT2D eigenvalue weighted by atomic mass is 10.2. The molecule has 4 nitrogen and oxygen atoms in total. The van der Waals surface area contributed by atoms with Gasteiger partial charge in [0.15, 0.2) is 0 Å². The van der Waals surface area contributed by atoms with Gasteiger partial charge < -0.3 is 5.73 Å². The molecule has 1 aromatic carbocycles. The summed E-state index contributed by atoms with van der Waals surface area (Å²) < 4.78 is 0. The lowest BCUT2D eigenvalue weighted by Crippen LogP contribution is -1.88. The number of rotatable bonds is 4. The van der Waals surface area contributed by atoms with E-state index >= 15 is 0 Å². The first-order valence-electron chi connectivity index (χ1n) is 4.57. The van der Waals surface area contributed by atoms with E-state index in [4.69, 9.17) is 34.5 Å². The molecule has 0 spiro atoms. The Hall–Kier alpha value is -1.35. The fourth-order valence-electron chi connectivity index (χ4n) is 1.10. The number of nitrogens with zero attached hydrogens (tertiary/aromatic N) is 3. The van der Waals surface area contributed by atoms with Crippen LogP contribution in [0.15, 0.2) is 23.3 Å². The van der Waals surface area contributed by atoms with Gasteiger partial charge in [0, 0.05) is 11.5 Å². The molecule has 0 aliphatic rings. The highest BCUT2D eigenvalue weighted by Gasteiger charge is 2.02. The van der Waals surface area contributed by atoms with Crippen molar-refractivity contribution in [1.82, 2.24) is 0 Å². The highest BCUT2D eigenvalue weighted by Crippen LogP contribution is 2.29. The molecule has 16 heavy (non-hydrogen) atoms. The number of anilines is 1. The van der Waals surface area contributed by atoms with Crippen LogP contribution in [-0.2, 0) is 0 Å². The molecule has 1 aromatic rings. The largest absolute Gasteiger partial charge is 0.396 e. The maximum absolute atomic E-state index is 8.07. The van der Waals surface area contributed by atoms with E-state index in [1.165, 1.54) is 0 Å². The van der Waals surface area contributed by atoms with Gasteiger partial charge in [-0.3, -0.25) is 0 Å². The Labute approximate surface area is 103 Å². The Morgan fingerprint density at radius 1 is 1.38 bits per heavy atom. The smallest absolute Gasteiger partial charge is 0.0693 e. The van der Waals surface area contributed by atoms with Gasteiger partial charge in [-0.15, -0.1) is 0 Å². The van der Waals surface area contributed by atoms with E-state index < -0.39 is 0 Å². The summed E-state index contributed by atoms with van der Waals surface area (Å²) in [6, 6.07) is 3.46. The van der Waals surface area contributed by atoms with Crippen LogP contribution < -0.4 is 5.73 Å². The summed E-state index contributed by atoms with van der Waals surface area (Å²) in [5.41, 5.74) is 14.9. The fraction of sp³-hybridized carbons (Fsp3) is 0.200. The molecule has 2 N–H and O–H groups in total. The van der Waals surface area contributed by atoms with Crippen LogP contribution >= 0.6 is 23.2 Å². The SMILES string of the molecule is [N-]=[N+]=NCCC=Cc1cc(Cl)c(N)c(Cl)c1. The van der Waals surface area contributed by atoms with Crippen LogP contribution in [0.2, 0.25) is 10.0 Å². The summed E-state index contributed by atoms with van der Waals surface area (Å²) in [5, 5.41) is 4.27. The van der Waals surface area contributed by atoms with Crippen LogP contribution in [0.4, 0.5) is 5.69 Å². The van der Waals surface area contributed by atoms with E-state index in [9.17, 15) is 0 Å². The highest BCUT2D eigenvalue weighted by atomic mass is 35.5. The molecule has 0 aromatic heterocycles. The molecule has 0 amide bonds. The zero-order valence-electron chi connectivity index (χ0n) is 8.40. The summed E-state index contributed by atoms with van der Waals surface area (Å²) in [6.07, 6.45) is 4.40. The van der Waals surface area contributed by atoms with E-state index in [2.05, 4.69) is 10.0 Å². The number of hydrogen-bond donors (Lipinski definition) is 1. The average Bonchev–Trinajstić information content (AvgIpc) is 2.25. The van der Waals surface area contributed by atoms with E-state index in [0.717, 1.165) is 5.56 Å². The molecule has 0 heterocycles. The van der Waals surface area contributed by atoms with Gasteiger partial charge in [0.1, 0.15) is 0 Å². The Balaban J connectivity index is 2.71. The summed E-state index contributed by atoms with van der Waals surface area (Å²) in [7, 11) is 0. The first-order valence-corrected chi connectivity index (χ1v) is 5.32. The predicted octanol–water partition coefficient (Wildman–Crippen LogP) is 4.29. The number of azide groups is 1. The molecule has 0 unspecified atom stereocenters. The average molecular weight is 257 g/mol. The van der Waals surface area contributed by atoms with Crippen LogP contribution in [0.3, 0.4) is 0 Å². The van der Waals surface area contributed by atoms with E-state index in [-0.39, 0.29) is 0 Å². The minimum absolute atomic E-state index is 0.384. The third kappa shape index (κ3) is 3.66. The van der Waals surface area contributed by atoms with Crippen LogP contribution in [-0.4, -0.2) is 6.54 Å². The van der Waals surface area contributed by atoms with Gasteiger partial charge in [-0.2, -0.15) is 0 Å². The van der Waals surface area contributed by atoms with Gasteiger partial charge in [-0.05, 0) is 29.6 Å². The molecule has 0 bridgehead atoms. The molecule has 1 rings (SSSR count). The third-order valence-corrected chi connectivity index (χ3v) is 2.50. The zero-order valence-corrected chi connectivity index (χ0v) is 9.91. The van der Waals surface area contributed by atoms with Crippen molar-refractivity contribution in [1.29, 1.82) is 0 Å². The zero-order chi connectivity index (χ0) is 12.0. The topological polar surface area (TPSA) is 74.8 Å². The third-order valence-electron chi connectivity index (χ3n) is 1.87. The molecule has 0 saturated carbocycles. The Morgan fingerprint density at radius 3 is 2.56 bits per heavy atom. The number of hydrogen-bond acceptors (Lipinski definition) is 2. The Bertz CT molecular complexity index is 427. The summed E-state index contributed by atoms with van der Waals surface area (Å²) >= 11 is 11.7. The van der Waals surface area contributed by atoms with Crippen molar-refractivity contribution >= 4 is 35.0 Å². The van der Waals surface area contributed by atoms with Crippen molar-refractivity contribution in [2.45, 2.75) is 6.42 Å². The Kier molecular flexibility index (Phi) is 4.99. The molecule has 0 aliphatic heterocycles. The predicted molar refractivity (Wildman–Crippen MR) is 68.5 cm³/mol. The molecule has 0 fully saturated rings. The van der Waals surface area contributed by atoms with E-state index in [1.807, 2.05) is 12.2 Å². The van der Waals surface area contributed by atoms with Gasteiger partial charge >= 0.3 is 0 Å². The van der Waals surface area contributed by atoms with Gasteiger partial charge in [0.2, 0.25) is 0 Å². The van der Waals surface area contributed by atoms with Gasteiger partial charge in [-0.25, -0.2) is 0 Å². The van der Waals surface area contributed by atoms with Crippen molar-refractivity contribution in [2.24, 2.45) is 5.11 Å². The second kappa shape index (κ2) is 6.28. The lowest BCUT2D eigenvalue weighted by Gasteiger charge is -2.02. The minimum Gasteiger partial charge on any atom is -0.396 e. The number of benzene rings is 1. The van der Waals surface area contributed by atoms with Crippen molar-refractivity contribution in [3.05, 3.63) is 44.3 Å². The number of nitrogens with two attached hydrogens (primary N) is 1. The first-order chi connectivity index (χ1) is 7.65. The van der Waals surface area contributed by atoms with Gasteiger partial charge in [-0.1, -0.05) is 40.5 Å².